The molecular formula is C7H15NO2. The molecule has 0 heterocycles. The molecule has 0 aromatic carbocycles. The first kappa shape index (κ1) is 9.43. The molecule has 0 saturated heterocycles. The van der Waals surface area contributed by atoms with Crippen LogP contribution in [0.1, 0.15) is 20.3 Å². The summed E-state index contributed by atoms with van der Waals surface area (Å²) in [4.78, 5) is 11.0. The Morgan fingerprint density at radius 2 is 2.20 bits per heavy atom. The van der Waals surface area contributed by atoms with Gasteiger partial charge in [0.25, 0.3) is 0 Å². The zero-order chi connectivity index (χ0) is 8.20. The highest BCUT2D eigenvalue weighted by atomic mass is 16.5. The highest BCUT2D eigenvalue weighted by molar-refractivity contribution is 5.80. The van der Waals surface area contributed by atoms with Crippen LogP contribution in [0.3, 0.4) is 0 Å². The van der Waals surface area contributed by atoms with Gasteiger partial charge in [0, 0.05) is 0 Å². The fourth-order valence-electron chi connectivity index (χ4n) is 0.648. The van der Waals surface area contributed by atoms with Gasteiger partial charge in [0.05, 0.1) is 7.11 Å². The van der Waals surface area contributed by atoms with E-state index in [1.165, 1.54) is 7.11 Å². The number of methoxy groups -OCH3 is 1. The molecule has 0 aliphatic rings. The van der Waals surface area contributed by atoms with Gasteiger partial charge in [-0.3, -0.25) is 4.79 Å². The summed E-state index contributed by atoms with van der Waals surface area (Å²) in [7, 11) is 3.15. The number of esters is 1. The number of rotatable bonds is 3. The largest absolute Gasteiger partial charge is 0.468 e. The molecule has 0 aromatic heterocycles. The minimum absolute atomic E-state index is 0.211. The lowest BCUT2D eigenvalue weighted by Gasteiger charge is -2.23. The third-order valence-corrected chi connectivity index (χ3v) is 1.89. The SMILES string of the molecule is CC[C@@](C)(NC)C(=O)OC. The summed E-state index contributed by atoms with van der Waals surface area (Å²) in [6.45, 7) is 3.76. The Balaban J connectivity index is 4.17. The van der Waals surface area contributed by atoms with E-state index in [9.17, 15) is 4.79 Å². The zero-order valence-corrected chi connectivity index (χ0v) is 7.02. The van der Waals surface area contributed by atoms with E-state index in [4.69, 9.17) is 0 Å². The molecule has 0 unspecified atom stereocenters. The van der Waals surface area contributed by atoms with Crippen LogP contribution in [0.2, 0.25) is 0 Å². The number of carbonyl (C=O) groups excluding carboxylic acids is 1. The zero-order valence-electron chi connectivity index (χ0n) is 7.02. The molecule has 0 radical (unpaired) electrons. The Morgan fingerprint density at radius 3 is 2.30 bits per heavy atom. The predicted molar refractivity (Wildman–Crippen MR) is 39.8 cm³/mol. The van der Waals surface area contributed by atoms with Crippen molar-refractivity contribution in [2.75, 3.05) is 14.2 Å². The van der Waals surface area contributed by atoms with E-state index >= 15 is 0 Å². The predicted octanol–water partition coefficient (Wildman–Crippen LogP) is 0.547. The lowest BCUT2D eigenvalue weighted by molar-refractivity contribution is -0.147. The minimum atomic E-state index is -0.519. The summed E-state index contributed by atoms with van der Waals surface area (Å²) in [5.74, 6) is -0.211. The van der Waals surface area contributed by atoms with Gasteiger partial charge in [0.1, 0.15) is 5.54 Å². The molecule has 3 heteroatoms. The summed E-state index contributed by atoms with van der Waals surface area (Å²) in [6, 6.07) is 0. The molecule has 3 nitrogen and oxygen atoms in total. The van der Waals surface area contributed by atoms with Gasteiger partial charge >= 0.3 is 5.97 Å². The van der Waals surface area contributed by atoms with Crippen LogP contribution in [0.5, 0.6) is 0 Å². The van der Waals surface area contributed by atoms with Gasteiger partial charge in [-0.25, -0.2) is 0 Å². The standard InChI is InChI=1S/C7H15NO2/c1-5-7(2,8-3)6(9)10-4/h8H,5H2,1-4H3/t7-/m1/s1. The molecule has 0 spiro atoms. The Hall–Kier alpha value is -0.570. The molecule has 1 atom stereocenters. The molecule has 0 aliphatic carbocycles. The molecule has 0 aliphatic heterocycles. The third-order valence-electron chi connectivity index (χ3n) is 1.89. The molecule has 10 heavy (non-hydrogen) atoms. The van der Waals surface area contributed by atoms with E-state index in [0.717, 1.165) is 6.42 Å². The van der Waals surface area contributed by atoms with E-state index in [-0.39, 0.29) is 5.97 Å². The van der Waals surface area contributed by atoms with Crippen molar-refractivity contribution in [1.82, 2.24) is 5.32 Å². The minimum Gasteiger partial charge on any atom is -0.468 e. The van der Waals surface area contributed by atoms with Crippen LogP contribution < -0.4 is 5.32 Å². The average molecular weight is 145 g/mol. The van der Waals surface area contributed by atoms with E-state index in [0.29, 0.717) is 0 Å². The van der Waals surface area contributed by atoms with Gasteiger partial charge < -0.3 is 10.1 Å². The van der Waals surface area contributed by atoms with Crippen LogP contribution in [0, 0.1) is 0 Å². The topological polar surface area (TPSA) is 38.3 Å². The fraction of sp³-hybridized carbons (Fsp3) is 0.857. The Kier molecular flexibility index (Phi) is 3.36. The van der Waals surface area contributed by atoms with Crippen LogP contribution in [-0.4, -0.2) is 25.7 Å². The Labute approximate surface area is 61.8 Å². The number of likely N-dealkylation sites (N-methyl/N-ethyl adjacent to an activating group) is 1. The number of hydrogen-bond donors (Lipinski definition) is 1. The molecule has 0 bridgehead atoms. The molecule has 0 rings (SSSR count). The fourth-order valence-corrected chi connectivity index (χ4v) is 0.648. The average Bonchev–Trinajstić information content (AvgIpc) is 2.01. The van der Waals surface area contributed by atoms with Crippen molar-refractivity contribution in [2.45, 2.75) is 25.8 Å². The van der Waals surface area contributed by atoms with Crippen molar-refractivity contribution in [3.05, 3.63) is 0 Å². The van der Waals surface area contributed by atoms with Gasteiger partial charge in [-0.15, -0.1) is 0 Å². The van der Waals surface area contributed by atoms with E-state index < -0.39 is 5.54 Å². The van der Waals surface area contributed by atoms with Crippen LogP contribution in [0.25, 0.3) is 0 Å². The summed E-state index contributed by atoms with van der Waals surface area (Å²) in [6.07, 6.45) is 0.732. The van der Waals surface area contributed by atoms with Crippen molar-refractivity contribution in [2.24, 2.45) is 0 Å². The first-order valence-electron chi connectivity index (χ1n) is 3.38. The van der Waals surface area contributed by atoms with Gasteiger partial charge in [0.2, 0.25) is 0 Å². The second kappa shape index (κ2) is 3.56. The summed E-state index contributed by atoms with van der Waals surface area (Å²) >= 11 is 0. The maximum Gasteiger partial charge on any atom is 0.325 e. The summed E-state index contributed by atoms with van der Waals surface area (Å²) in [5, 5.41) is 2.90. The molecule has 0 aromatic rings. The maximum atomic E-state index is 11.0. The van der Waals surface area contributed by atoms with Gasteiger partial charge in [-0.2, -0.15) is 0 Å². The second-order valence-electron chi connectivity index (χ2n) is 2.43. The first-order valence-corrected chi connectivity index (χ1v) is 3.38. The van der Waals surface area contributed by atoms with Crippen molar-refractivity contribution in [1.29, 1.82) is 0 Å². The van der Waals surface area contributed by atoms with Gasteiger partial charge in [-0.05, 0) is 20.4 Å². The van der Waals surface area contributed by atoms with Crippen molar-refractivity contribution < 1.29 is 9.53 Å². The van der Waals surface area contributed by atoms with E-state index in [1.807, 2.05) is 13.8 Å². The number of nitrogens with one attached hydrogen (secondary N) is 1. The smallest absolute Gasteiger partial charge is 0.325 e. The van der Waals surface area contributed by atoms with E-state index in [1.54, 1.807) is 7.05 Å². The first-order chi connectivity index (χ1) is 4.60. The van der Waals surface area contributed by atoms with Gasteiger partial charge in [-0.1, -0.05) is 6.92 Å². The molecule has 0 amide bonds. The summed E-state index contributed by atoms with van der Waals surface area (Å²) in [5.41, 5.74) is -0.519. The molecule has 0 saturated carbocycles. The van der Waals surface area contributed by atoms with Crippen LogP contribution in [-0.2, 0) is 9.53 Å². The highest BCUT2D eigenvalue weighted by Gasteiger charge is 2.29. The number of carbonyl (C=O) groups is 1. The number of hydrogen-bond acceptors (Lipinski definition) is 3. The van der Waals surface area contributed by atoms with Crippen LogP contribution in [0.4, 0.5) is 0 Å². The number of ether oxygens (including phenoxy) is 1. The highest BCUT2D eigenvalue weighted by Crippen LogP contribution is 2.09. The molecule has 60 valence electrons. The molecular weight excluding hydrogens is 130 g/mol. The lowest BCUT2D eigenvalue weighted by atomic mass is 10.00. The van der Waals surface area contributed by atoms with Crippen LogP contribution >= 0.6 is 0 Å². The maximum absolute atomic E-state index is 11.0. The van der Waals surface area contributed by atoms with Crippen molar-refractivity contribution in [3.63, 3.8) is 0 Å². The third kappa shape index (κ3) is 1.70. The monoisotopic (exact) mass is 145 g/mol. The summed E-state index contributed by atoms with van der Waals surface area (Å²) < 4.78 is 4.60. The molecule has 0 fully saturated rings. The second-order valence-corrected chi connectivity index (χ2v) is 2.43. The normalized spacial score (nSPS) is 16.0. The lowest BCUT2D eigenvalue weighted by Crippen LogP contribution is -2.47. The van der Waals surface area contributed by atoms with Crippen LogP contribution in [0.15, 0.2) is 0 Å². The Bertz CT molecular complexity index is 119. The van der Waals surface area contributed by atoms with Crippen molar-refractivity contribution in [3.8, 4) is 0 Å². The Morgan fingerprint density at radius 1 is 1.70 bits per heavy atom. The van der Waals surface area contributed by atoms with Crippen molar-refractivity contribution >= 4 is 5.97 Å². The van der Waals surface area contributed by atoms with Gasteiger partial charge in [0.15, 0.2) is 0 Å². The quantitative estimate of drug-likeness (QED) is 0.589. The van der Waals surface area contributed by atoms with E-state index in [2.05, 4.69) is 10.1 Å². The molecule has 1 N–H and O–H groups in total.